The van der Waals surface area contributed by atoms with Crippen LogP contribution in [0.5, 0.6) is 0 Å². The van der Waals surface area contributed by atoms with Gasteiger partial charge >= 0.3 is 0 Å². The molecule has 0 aromatic rings. The van der Waals surface area contributed by atoms with Crippen LogP contribution in [-0.4, -0.2) is 0 Å². The lowest BCUT2D eigenvalue weighted by atomic mass is 9.43. The third kappa shape index (κ3) is 2.18. The zero-order valence-electron chi connectivity index (χ0n) is 15.2. The first kappa shape index (κ1) is 15.8. The minimum Gasteiger partial charge on any atom is -0.0768 e. The van der Waals surface area contributed by atoms with Gasteiger partial charge in [-0.1, -0.05) is 78.0 Å². The number of allylic oxidation sites excluding steroid dienone is 8. The standard InChI is InChI=1S/C22H32/c1-15(2)17-7-9-19(13-17)21(5)11-12-22(21,6)20-10-8-18(14-20)16(3)4/h7-10,13-16,19-20H,11-12H2,1-6H3/t19?,20?,21-,22+. The molecule has 0 aromatic carbocycles. The van der Waals surface area contributed by atoms with Gasteiger partial charge in [-0.3, -0.25) is 0 Å². The summed E-state index contributed by atoms with van der Waals surface area (Å²) < 4.78 is 0. The largest absolute Gasteiger partial charge is 0.0768 e. The lowest BCUT2D eigenvalue weighted by Crippen LogP contribution is -2.54. The molecular formula is C22H32. The maximum Gasteiger partial charge on any atom is 0.00151 e. The van der Waals surface area contributed by atoms with Crippen molar-refractivity contribution in [1.29, 1.82) is 0 Å². The van der Waals surface area contributed by atoms with Crippen LogP contribution < -0.4 is 0 Å². The van der Waals surface area contributed by atoms with Crippen molar-refractivity contribution in [2.75, 3.05) is 0 Å². The summed E-state index contributed by atoms with van der Waals surface area (Å²) in [6.07, 6.45) is 17.5. The molecule has 1 saturated carbocycles. The van der Waals surface area contributed by atoms with Gasteiger partial charge in [-0.25, -0.2) is 0 Å². The Hall–Kier alpha value is -1.04. The fourth-order valence-corrected chi connectivity index (χ4v) is 4.64. The Morgan fingerprint density at radius 2 is 1.14 bits per heavy atom. The highest BCUT2D eigenvalue weighted by Crippen LogP contribution is 2.66. The molecule has 0 spiro atoms. The fraction of sp³-hybridized carbons (Fsp3) is 0.636. The second-order valence-electron chi connectivity index (χ2n) is 8.75. The lowest BCUT2D eigenvalue weighted by molar-refractivity contribution is -0.0903. The first-order valence-electron chi connectivity index (χ1n) is 9.08. The minimum atomic E-state index is 0.401. The molecule has 22 heavy (non-hydrogen) atoms. The quantitative estimate of drug-likeness (QED) is 0.568. The third-order valence-corrected chi connectivity index (χ3v) is 7.01. The fourth-order valence-electron chi connectivity index (χ4n) is 4.64. The maximum atomic E-state index is 2.55. The van der Waals surface area contributed by atoms with Gasteiger partial charge in [0.25, 0.3) is 0 Å². The smallest absolute Gasteiger partial charge is 0.00151 e. The van der Waals surface area contributed by atoms with E-state index in [9.17, 15) is 0 Å². The summed E-state index contributed by atoms with van der Waals surface area (Å²) in [4.78, 5) is 0. The van der Waals surface area contributed by atoms with Crippen molar-refractivity contribution in [1.82, 2.24) is 0 Å². The molecule has 3 rings (SSSR count). The summed E-state index contributed by atoms with van der Waals surface area (Å²) >= 11 is 0. The molecule has 1 fully saturated rings. The van der Waals surface area contributed by atoms with Crippen molar-refractivity contribution in [2.45, 2.75) is 54.4 Å². The zero-order chi connectivity index (χ0) is 16.1. The van der Waals surface area contributed by atoms with E-state index in [4.69, 9.17) is 0 Å². The molecule has 0 heteroatoms. The summed E-state index contributed by atoms with van der Waals surface area (Å²) in [5, 5.41) is 0. The van der Waals surface area contributed by atoms with Gasteiger partial charge in [-0.2, -0.15) is 0 Å². The van der Waals surface area contributed by atoms with E-state index >= 15 is 0 Å². The van der Waals surface area contributed by atoms with Gasteiger partial charge in [0.05, 0.1) is 0 Å². The van der Waals surface area contributed by atoms with Crippen LogP contribution in [0.3, 0.4) is 0 Å². The second kappa shape index (κ2) is 5.25. The molecule has 0 aliphatic heterocycles. The van der Waals surface area contributed by atoms with Crippen LogP contribution in [0.1, 0.15) is 54.4 Å². The molecule has 3 aliphatic carbocycles. The minimum absolute atomic E-state index is 0.401. The van der Waals surface area contributed by atoms with E-state index in [2.05, 4.69) is 78.0 Å². The van der Waals surface area contributed by atoms with Crippen molar-refractivity contribution < 1.29 is 0 Å². The highest BCUT2D eigenvalue weighted by Gasteiger charge is 2.58. The Bertz CT molecular complexity index is 517. The second-order valence-corrected chi connectivity index (χ2v) is 8.75. The lowest BCUT2D eigenvalue weighted by Gasteiger charge is -2.61. The molecular weight excluding hydrogens is 264 g/mol. The number of hydrogen-bond acceptors (Lipinski definition) is 0. The molecule has 0 aromatic heterocycles. The van der Waals surface area contributed by atoms with E-state index in [0.29, 0.717) is 34.5 Å². The van der Waals surface area contributed by atoms with Crippen LogP contribution in [0.25, 0.3) is 0 Å². The van der Waals surface area contributed by atoms with E-state index in [-0.39, 0.29) is 0 Å². The molecule has 120 valence electrons. The predicted octanol–water partition coefficient (Wildman–Crippen LogP) is 6.33. The summed E-state index contributed by atoms with van der Waals surface area (Å²) in [5.74, 6) is 2.53. The maximum absolute atomic E-state index is 2.55. The molecule has 0 heterocycles. The highest BCUT2D eigenvalue weighted by atomic mass is 14.6. The highest BCUT2D eigenvalue weighted by molar-refractivity contribution is 5.38. The van der Waals surface area contributed by atoms with Crippen LogP contribution in [0.4, 0.5) is 0 Å². The van der Waals surface area contributed by atoms with Crippen LogP contribution in [-0.2, 0) is 0 Å². The normalized spacial score (nSPS) is 40.4. The van der Waals surface area contributed by atoms with Crippen molar-refractivity contribution in [2.24, 2.45) is 34.5 Å². The zero-order valence-corrected chi connectivity index (χ0v) is 15.2. The van der Waals surface area contributed by atoms with Gasteiger partial charge in [0, 0.05) is 11.8 Å². The van der Waals surface area contributed by atoms with Crippen molar-refractivity contribution in [3.8, 4) is 0 Å². The molecule has 0 N–H and O–H groups in total. The number of hydrogen-bond donors (Lipinski definition) is 0. The van der Waals surface area contributed by atoms with E-state index < -0.39 is 0 Å². The number of rotatable bonds is 4. The first-order valence-corrected chi connectivity index (χ1v) is 9.08. The third-order valence-electron chi connectivity index (χ3n) is 7.01. The molecule has 4 atom stereocenters. The first-order chi connectivity index (χ1) is 10.3. The van der Waals surface area contributed by atoms with Crippen LogP contribution in [0.15, 0.2) is 47.6 Å². The molecule has 2 unspecified atom stereocenters. The predicted molar refractivity (Wildman–Crippen MR) is 96.6 cm³/mol. The van der Waals surface area contributed by atoms with Crippen LogP contribution >= 0.6 is 0 Å². The Morgan fingerprint density at radius 1 is 0.773 bits per heavy atom. The van der Waals surface area contributed by atoms with Crippen molar-refractivity contribution in [3.05, 3.63) is 47.6 Å². The van der Waals surface area contributed by atoms with Gasteiger partial charge < -0.3 is 0 Å². The van der Waals surface area contributed by atoms with Gasteiger partial charge in [-0.15, -0.1) is 0 Å². The molecule has 0 nitrogen and oxygen atoms in total. The van der Waals surface area contributed by atoms with Crippen LogP contribution in [0.2, 0.25) is 0 Å². The average molecular weight is 296 g/mol. The summed E-state index contributed by atoms with van der Waals surface area (Å²) in [7, 11) is 0. The van der Waals surface area contributed by atoms with Crippen molar-refractivity contribution >= 4 is 0 Å². The van der Waals surface area contributed by atoms with E-state index in [1.807, 2.05) is 0 Å². The summed E-state index contributed by atoms with van der Waals surface area (Å²) in [5.41, 5.74) is 3.86. The van der Waals surface area contributed by atoms with Gasteiger partial charge in [0.15, 0.2) is 0 Å². The Labute approximate surface area is 137 Å². The van der Waals surface area contributed by atoms with E-state index in [0.717, 1.165) is 0 Å². The van der Waals surface area contributed by atoms with E-state index in [1.54, 1.807) is 0 Å². The van der Waals surface area contributed by atoms with Crippen molar-refractivity contribution in [3.63, 3.8) is 0 Å². The van der Waals surface area contributed by atoms with E-state index in [1.165, 1.54) is 24.0 Å². The molecule has 0 amide bonds. The summed E-state index contributed by atoms with van der Waals surface area (Å²) in [6.45, 7) is 14.3. The Balaban J connectivity index is 1.85. The molecule has 3 aliphatic rings. The summed E-state index contributed by atoms with van der Waals surface area (Å²) in [6, 6.07) is 0. The average Bonchev–Trinajstić information content (AvgIpc) is 3.13. The Kier molecular flexibility index (Phi) is 3.78. The SMILES string of the molecule is CC(C)C1=CC([C@]2(C)CC[C@]2(C)C2C=CC(C(C)C)=C2)C=C1. The van der Waals surface area contributed by atoms with Crippen LogP contribution in [0, 0.1) is 34.5 Å². The Morgan fingerprint density at radius 3 is 1.36 bits per heavy atom. The van der Waals surface area contributed by atoms with Gasteiger partial charge in [0.2, 0.25) is 0 Å². The molecule has 0 bridgehead atoms. The van der Waals surface area contributed by atoms with Gasteiger partial charge in [0.1, 0.15) is 0 Å². The topological polar surface area (TPSA) is 0 Å². The molecule has 0 saturated heterocycles. The monoisotopic (exact) mass is 296 g/mol. The van der Waals surface area contributed by atoms with Gasteiger partial charge in [-0.05, 0) is 46.7 Å². The molecule has 0 radical (unpaired) electrons.